The van der Waals surface area contributed by atoms with E-state index in [4.69, 9.17) is 21.5 Å². The molecule has 47 heavy (non-hydrogen) atoms. The number of hydrogen-bond acceptors (Lipinski definition) is 11. The highest BCUT2D eigenvalue weighted by Gasteiger charge is 2.46. The van der Waals surface area contributed by atoms with Crippen molar-refractivity contribution < 1.29 is 47.2 Å². The fraction of sp³-hybridized carbons (Fsp3) is 0.464. The SMILES string of the molecule is O=c1ccn(C2OC(COP(=O)(O)OP(=O)(O)OCCCCCCCCNC(=S)Nc3cccc4ccccc34)C(O)C2O)c(=O)[nH]1. The summed E-state index contributed by atoms with van der Waals surface area (Å²) in [4.78, 5) is 45.0. The number of anilines is 1. The third-order valence-corrected chi connectivity index (χ3v) is 10.1. The average Bonchev–Trinajstić information content (AvgIpc) is 3.29. The van der Waals surface area contributed by atoms with Gasteiger partial charge in [0, 0.05) is 29.9 Å². The molecule has 1 fully saturated rings. The molecule has 0 bridgehead atoms. The molecular weight excluding hydrogens is 678 g/mol. The first-order valence-electron chi connectivity index (χ1n) is 14.9. The Morgan fingerprint density at radius 2 is 1.60 bits per heavy atom. The van der Waals surface area contributed by atoms with E-state index in [1.165, 1.54) is 0 Å². The van der Waals surface area contributed by atoms with Gasteiger partial charge in [0.15, 0.2) is 11.3 Å². The maximum absolute atomic E-state index is 12.3. The second kappa shape index (κ2) is 17.0. The number of unbranched alkanes of at least 4 members (excludes halogenated alkanes) is 5. The quantitative estimate of drug-likeness (QED) is 0.0605. The van der Waals surface area contributed by atoms with Crippen LogP contribution in [0.5, 0.6) is 0 Å². The molecule has 1 saturated heterocycles. The third kappa shape index (κ3) is 11.1. The summed E-state index contributed by atoms with van der Waals surface area (Å²) in [5.74, 6) is 0. The number of H-pyrrole nitrogens is 1. The van der Waals surface area contributed by atoms with Crippen LogP contribution in [0.25, 0.3) is 10.8 Å². The van der Waals surface area contributed by atoms with E-state index < -0.39 is 58.0 Å². The number of hydrogen-bond donors (Lipinski definition) is 7. The van der Waals surface area contributed by atoms with Gasteiger partial charge < -0.3 is 35.4 Å². The lowest BCUT2D eigenvalue weighted by molar-refractivity contribution is -0.0543. The van der Waals surface area contributed by atoms with Gasteiger partial charge in [-0.1, -0.05) is 62.1 Å². The van der Waals surface area contributed by atoms with Gasteiger partial charge in [-0.05, 0) is 36.5 Å². The van der Waals surface area contributed by atoms with Gasteiger partial charge in [0.1, 0.15) is 18.3 Å². The van der Waals surface area contributed by atoms with Crippen LogP contribution in [0.4, 0.5) is 5.69 Å². The molecule has 2 heterocycles. The number of aromatic nitrogens is 2. The molecule has 0 saturated carbocycles. The summed E-state index contributed by atoms with van der Waals surface area (Å²) in [6, 6.07) is 15.0. The number of thiocarbonyl (C=S) groups is 1. The van der Waals surface area contributed by atoms with Gasteiger partial charge >= 0.3 is 21.3 Å². The van der Waals surface area contributed by atoms with E-state index in [1.807, 2.05) is 47.4 Å². The lowest BCUT2D eigenvalue weighted by Gasteiger charge is -2.19. The first kappa shape index (κ1) is 37.0. The van der Waals surface area contributed by atoms with E-state index in [9.17, 15) is 38.7 Å². The highest BCUT2D eigenvalue weighted by molar-refractivity contribution is 7.80. The minimum absolute atomic E-state index is 0.213. The standard InChI is InChI=1S/C28H38N4O12P2S/c33-23-14-16-32(28(36)31-23)26-25(35)24(34)22(43-26)18-42-46(39,40)44-45(37,38)41-17-8-4-2-1-3-7-15-29-27(47)30-21-13-9-11-19-10-5-6-12-20(19)21/h5-6,9-14,16,22,24-26,34-35H,1-4,7-8,15,17-18H2,(H,37,38)(H,39,40)(H2,29,30,47)(H,31,33,36). The van der Waals surface area contributed by atoms with E-state index in [0.29, 0.717) is 24.5 Å². The first-order chi connectivity index (χ1) is 22.3. The van der Waals surface area contributed by atoms with Crippen molar-refractivity contribution in [1.82, 2.24) is 14.9 Å². The molecule has 1 aromatic heterocycles. The van der Waals surface area contributed by atoms with Crippen molar-refractivity contribution in [3.63, 3.8) is 0 Å². The van der Waals surface area contributed by atoms with E-state index in [2.05, 4.69) is 19.5 Å². The number of phosphoric ester groups is 2. The zero-order chi connectivity index (χ0) is 34.0. The highest BCUT2D eigenvalue weighted by Crippen LogP contribution is 2.60. The van der Waals surface area contributed by atoms with Crippen LogP contribution in [-0.4, -0.2) is 72.7 Å². The topological polar surface area (TPSA) is 231 Å². The number of nitrogens with zero attached hydrogens (tertiary/aromatic N) is 1. The molecule has 7 N–H and O–H groups in total. The van der Waals surface area contributed by atoms with E-state index in [0.717, 1.165) is 59.0 Å². The summed E-state index contributed by atoms with van der Waals surface area (Å²) in [6.45, 7) is -0.367. The molecule has 6 unspecified atom stereocenters. The van der Waals surface area contributed by atoms with Crippen molar-refractivity contribution >= 4 is 49.4 Å². The Morgan fingerprint density at radius 3 is 2.36 bits per heavy atom. The Labute approximate surface area is 274 Å². The number of phosphoric acid groups is 2. The largest absolute Gasteiger partial charge is 0.481 e. The molecule has 16 nitrogen and oxygen atoms in total. The summed E-state index contributed by atoms with van der Waals surface area (Å²) in [6.07, 6.45) is -0.533. The third-order valence-electron chi connectivity index (χ3n) is 7.22. The summed E-state index contributed by atoms with van der Waals surface area (Å²) in [5.41, 5.74) is -0.683. The molecule has 0 radical (unpaired) electrons. The molecule has 1 aliphatic rings. The Kier molecular flexibility index (Phi) is 13.4. The predicted molar refractivity (Wildman–Crippen MR) is 176 cm³/mol. The first-order valence-corrected chi connectivity index (χ1v) is 18.3. The fourth-order valence-electron chi connectivity index (χ4n) is 4.89. The smallest absolute Gasteiger partial charge is 0.387 e. The zero-order valence-corrected chi connectivity index (χ0v) is 27.8. The number of aromatic amines is 1. The Morgan fingerprint density at radius 1 is 0.915 bits per heavy atom. The van der Waals surface area contributed by atoms with Crippen molar-refractivity contribution in [3.8, 4) is 0 Å². The molecule has 3 aromatic rings. The van der Waals surface area contributed by atoms with Crippen LogP contribution in [0.2, 0.25) is 0 Å². The Hall–Kier alpha value is -2.79. The number of ether oxygens (including phenoxy) is 1. The molecule has 0 amide bonds. The van der Waals surface area contributed by atoms with E-state index in [1.54, 1.807) is 0 Å². The summed E-state index contributed by atoms with van der Waals surface area (Å²) in [5, 5.41) is 29.7. The molecule has 1 aliphatic heterocycles. The maximum atomic E-state index is 12.3. The molecule has 19 heteroatoms. The van der Waals surface area contributed by atoms with Crippen LogP contribution in [0.1, 0.15) is 44.8 Å². The Balaban J connectivity index is 1.06. The molecule has 6 atom stereocenters. The second-order valence-corrected chi connectivity index (χ2v) is 14.2. The minimum atomic E-state index is -5.18. The number of fused-ring (bicyclic) bond motifs is 1. The normalized spacial score (nSPS) is 22.0. The lowest BCUT2D eigenvalue weighted by Crippen LogP contribution is -2.37. The number of aliphatic hydroxyl groups is 2. The molecule has 2 aromatic carbocycles. The maximum Gasteiger partial charge on any atom is 0.481 e. The summed E-state index contributed by atoms with van der Waals surface area (Å²) >= 11 is 5.41. The zero-order valence-electron chi connectivity index (χ0n) is 25.2. The molecule has 0 aliphatic carbocycles. The highest BCUT2D eigenvalue weighted by atomic mass is 32.1. The van der Waals surface area contributed by atoms with Crippen LogP contribution in [0.15, 0.2) is 64.3 Å². The average molecular weight is 717 g/mol. The minimum Gasteiger partial charge on any atom is -0.387 e. The van der Waals surface area contributed by atoms with Gasteiger partial charge in [-0.15, -0.1) is 0 Å². The van der Waals surface area contributed by atoms with Gasteiger partial charge in [0.25, 0.3) is 5.56 Å². The van der Waals surface area contributed by atoms with Crippen molar-refractivity contribution in [1.29, 1.82) is 0 Å². The summed E-state index contributed by atoms with van der Waals surface area (Å²) in [7, 11) is -10.2. The van der Waals surface area contributed by atoms with Crippen molar-refractivity contribution in [2.45, 2.75) is 63.1 Å². The Bertz CT molecular complexity index is 1720. The van der Waals surface area contributed by atoms with Crippen LogP contribution < -0.4 is 21.9 Å². The van der Waals surface area contributed by atoms with E-state index in [-0.39, 0.29) is 6.61 Å². The number of rotatable bonds is 17. The van der Waals surface area contributed by atoms with Gasteiger partial charge in [-0.3, -0.25) is 23.4 Å². The fourth-order valence-corrected chi connectivity index (χ4v) is 7.21. The van der Waals surface area contributed by atoms with Gasteiger partial charge in [-0.25, -0.2) is 13.9 Å². The molecule has 4 rings (SSSR count). The molecule has 0 spiro atoms. The van der Waals surface area contributed by atoms with Crippen LogP contribution in [0.3, 0.4) is 0 Å². The van der Waals surface area contributed by atoms with E-state index >= 15 is 0 Å². The predicted octanol–water partition coefficient (Wildman–Crippen LogP) is 2.89. The molecular formula is C28H38N4O12P2S. The van der Waals surface area contributed by atoms with Gasteiger partial charge in [0.2, 0.25) is 0 Å². The number of benzene rings is 2. The van der Waals surface area contributed by atoms with Crippen molar-refractivity contribution in [2.75, 3.05) is 25.1 Å². The lowest BCUT2D eigenvalue weighted by atomic mass is 10.1. The number of aliphatic hydroxyl groups excluding tert-OH is 2. The number of nitrogens with one attached hydrogen (secondary N) is 3. The monoisotopic (exact) mass is 716 g/mol. The second-order valence-electron chi connectivity index (χ2n) is 10.7. The van der Waals surface area contributed by atoms with Crippen LogP contribution >= 0.6 is 27.9 Å². The van der Waals surface area contributed by atoms with Crippen molar-refractivity contribution in [3.05, 3.63) is 75.6 Å². The van der Waals surface area contributed by atoms with Crippen molar-refractivity contribution in [2.24, 2.45) is 0 Å². The van der Waals surface area contributed by atoms with Crippen LogP contribution in [-0.2, 0) is 27.2 Å². The summed E-state index contributed by atoms with van der Waals surface area (Å²) < 4.78 is 44.3. The van der Waals surface area contributed by atoms with Crippen LogP contribution in [0, 0.1) is 0 Å². The van der Waals surface area contributed by atoms with Gasteiger partial charge in [-0.2, -0.15) is 4.31 Å². The molecule has 258 valence electrons. The van der Waals surface area contributed by atoms with Gasteiger partial charge in [0.05, 0.1) is 13.2 Å².